The van der Waals surface area contributed by atoms with Gasteiger partial charge in [-0.1, -0.05) is 58.4 Å². The molecule has 4 aliphatic rings. The van der Waals surface area contributed by atoms with Crippen LogP contribution in [0.15, 0.2) is 47.0 Å². The largest absolute Gasteiger partial charge is 0.0797 e. The molecule has 0 unspecified atom stereocenters. The minimum absolute atomic E-state index is 0.621. The Labute approximate surface area is 97.8 Å². The summed E-state index contributed by atoms with van der Waals surface area (Å²) in [7, 11) is 0. The molecule has 4 atom stereocenters. The van der Waals surface area contributed by atoms with Crippen molar-refractivity contribution in [2.24, 2.45) is 11.8 Å². The molecule has 1 heteroatoms. The van der Waals surface area contributed by atoms with Crippen molar-refractivity contribution in [3.63, 3.8) is 0 Å². The van der Waals surface area contributed by atoms with Gasteiger partial charge in [-0.2, -0.15) is 0 Å². The van der Waals surface area contributed by atoms with E-state index >= 15 is 0 Å². The first-order valence-electron chi connectivity index (χ1n) is 5.50. The molecule has 0 nitrogen and oxygen atoms in total. The standard InChI is InChI=1S/C14H11Br/c15-13-7-12-10-5-6-11(14(12)13)9-4-2-1-3-8(9)10/h1-7,10-12,14H/t10-,11-,12-,14-/m1/s1. The monoisotopic (exact) mass is 258 g/mol. The second-order valence-corrected chi connectivity index (χ2v) is 5.64. The zero-order chi connectivity index (χ0) is 9.99. The van der Waals surface area contributed by atoms with Gasteiger partial charge in [0.1, 0.15) is 0 Å². The van der Waals surface area contributed by atoms with Crippen LogP contribution in [-0.2, 0) is 0 Å². The van der Waals surface area contributed by atoms with Crippen LogP contribution in [-0.4, -0.2) is 0 Å². The van der Waals surface area contributed by atoms with Gasteiger partial charge in [-0.3, -0.25) is 0 Å². The van der Waals surface area contributed by atoms with Crippen LogP contribution in [0.3, 0.4) is 0 Å². The van der Waals surface area contributed by atoms with Crippen molar-refractivity contribution in [2.45, 2.75) is 11.8 Å². The number of rotatable bonds is 0. The molecular weight excluding hydrogens is 248 g/mol. The highest BCUT2D eigenvalue weighted by Gasteiger charge is 2.48. The van der Waals surface area contributed by atoms with Gasteiger partial charge in [0.15, 0.2) is 0 Å². The van der Waals surface area contributed by atoms with Crippen LogP contribution in [0.4, 0.5) is 0 Å². The highest BCUT2D eigenvalue weighted by atomic mass is 79.9. The molecule has 1 aromatic rings. The molecule has 0 saturated heterocycles. The van der Waals surface area contributed by atoms with E-state index < -0.39 is 0 Å². The molecule has 1 aromatic carbocycles. The molecule has 0 aromatic heterocycles. The SMILES string of the molecule is BrC1=C[C@H]2[C@H]1[C@@H]1C=C[C@@H]2c2ccccc21. The van der Waals surface area contributed by atoms with Crippen LogP contribution in [0.25, 0.3) is 0 Å². The van der Waals surface area contributed by atoms with Gasteiger partial charge in [0.2, 0.25) is 0 Å². The number of hydrogen-bond acceptors (Lipinski definition) is 0. The Morgan fingerprint density at radius 2 is 1.60 bits per heavy atom. The first-order valence-corrected chi connectivity index (χ1v) is 6.30. The molecule has 4 aliphatic carbocycles. The van der Waals surface area contributed by atoms with Crippen molar-refractivity contribution in [3.8, 4) is 0 Å². The summed E-state index contributed by atoms with van der Waals surface area (Å²) in [6.45, 7) is 0. The Bertz CT molecular complexity index is 498. The lowest BCUT2D eigenvalue weighted by Crippen LogP contribution is -2.39. The van der Waals surface area contributed by atoms with Crippen LogP contribution in [0.2, 0.25) is 0 Å². The molecule has 0 aliphatic heterocycles. The average Bonchev–Trinajstić information content (AvgIpc) is 2.27. The van der Waals surface area contributed by atoms with Crippen molar-refractivity contribution >= 4 is 15.9 Å². The molecule has 0 N–H and O–H groups in total. The average molecular weight is 259 g/mol. The molecule has 0 spiro atoms. The van der Waals surface area contributed by atoms with Crippen LogP contribution >= 0.6 is 15.9 Å². The minimum Gasteiger partial charge on any atom is -0.0797 e. The number of benzene rings is 1. The third-order valence-corrected chi connectivity index (χ3v) is 4.92. The van der Waals surface area contributed by atoms with Crippen molar-refractivity contribution in [3.05, 3.63) is 58.1 Å². The molecule has 0 radical (unpaired) electrons. The van der Waals surface area contributed by atoms with Gasteiger partial charge in [0, 0.05) is 17.8 Å². The summed E-state index contributed by atoms with van der Waals surface area (Å²) in [4.78, 5) is 0. The van der Waals surface area contributed by atoms with Crippen LogP contribution in [0, 0.1) is 11.8 Å². The second-order valence-electron chi connectivity index (χ2n) is 4.72. The van der Waals surface area contributed by atoms with E-state index in [0.29, 0.717) is 11.8 Å². The summed E-state index contributed by atoms with van der Waals surface area (Å²) in [5.74, 6) is 2.74. The maximum atomic E-state index is 3.68. The third kappa shape index (κ3) is 0.884. The smallest absolute Gasteiger partial charge is 0.0101 e. The highest BCUT2D eigenvalue weighted by Crippen LogP contribution is 2.60. The molecular formula is C14H11Br. The quantitative estimate of drug-likeness (QED) is 0.618. The fourth-order valence-electron chi connectivity index (χ4n) is 3.42. The maximum absolute atomic E-state index is 3.68. The Morgan fingerprint density at radius 1 is 0.933 bits per heavy atom. The summed E-state index contributed by atoms with van der Waals surface area (Å²) in [5.41, 5.74) is 3.11. The van der Waals surface area contributed by atoms with E-state index in [4.69, 9.17) is 0 Å². The predicted molar refractivity (Wildman–Crippen MR) is 65.1 cm³/mol. The van der Waals surface area contributed by atoms with E-state index in [-0.39, 0.29) is 0 Å². The van der Waals surface area contributed by atoms with E-state index in [1.165, 1.54) is 4.48 Å². The van der Waals surface area contributed by atoms with Gasteiger partial charge >= 0.3 is 0 Å². The normalized spacial score (nSPS) is 39.1. The predicted octanol–water partition coefficient (Wildman–Crippen LogP) is 3.96. The molecule has 15 heavy (non-hydrogen) atoms. The summed E-state index contributed by atoms with van der Waals surface area (Å²) < 4.78 is 1.42. The lowest BCUT2D eigenvalue weighted by atomic mass is 9.55. The fraction of sp³-hybridized carbons (Fsp3) is 0.286. The Balaban J connectivity index is 1.96. The van der Waals surface area contributed by atoms with Crippen LogP contribution in [0.5, 0.6) is 0 Å². The zero-order valence-corrected chi connectivity index (χ0v) is 9.81. The molecule has 0 heterocycles. The van der Waals surface area contributed by atoms with Gasteiger partial charge in [-0.15, -0.1) is 0 Å². The Morgan fingerprint density at radius 3 is 2.33 bits per heavy atom. The Kier molecular flexibility index (Phi) is 1.47. The van der Waals surface area contributed by atoms with E-state index in [2.05, 4.69) is 58.4 Å². The summed E-state index contributed by atoms with van der Waals surface area (Å²) in [6, 6.07) is 8.93. The summed E-state index contributed by atoms with van der Waals surface area (Å²) >= 11 is 3.68. The number of hydrogen-bond donors (Lipinski definition) is 0. The van der Waals surface area contributed by atoms with E-state index in [1.807, 2.05) is 0 Å². The van der Waals surface area contributed by atoms with E-state index in [1.54, 1.807) is 11.1 Å². The molecule has 0 saturated carbocycles. The van der Waals surface area contributed by atoms with E-state index in [9.17, 15) is 0 Å². The van der Waals surface area contributed by atoms with Crippen molar-refractivity contribution < 1.29 is 0 Å². The number of halogens is 1. The lowest BCUT2D eigenvalue weighted by Gasteiger charge is -2.50. The van der Waals surface area contributed by atoms with Crippen molar-refractivity contribution in [1.82, 2.24) is 0 Å². The topological polar surface area (TPSA) is 0 Å². The minimum atomic E-state index is 0.621. The van der Waals surface area contributed by atoms with Gasteiger partial charge < -0.3 is 0 Å². The van der Waals surface area contributed by atoms with Crippen molar-refractivity contribution in [2.75, 3.05) is 0 Å². The first kappa shape index (κ1) is 8.35. The van der Waals surface area contributed by atoms with E-state index in [0.717, 1.165) is 11.8 Å². The summed E-state index contributed by atoms with van der Waals surface area (Å²) in [5, 5.41) is 0. The second kappa shape index (κ2) is 2.65. The lowest BCUT2D eigenvalue weighted by molar-refractivity contribution is 0.312. The summed E-state index contributed by atoms with van der Waals surface area (Å²) in [6.07, 6.45) is 7.20. The third-order valence-electron chi connectivity index (χ3n) is 4.13. The van der Waals surface area contributed by atoms with Crippen molar-refractivity contribution in [1.29, 1.82) is 0 Å². The van der Waals surface area contributed by atoms with Gasteiger partial charge in [0.25, 0.3) is 0 Å². The molecule has 74 valence electrons. The van der Waals surface area contributed by atoms with Gasteiger partial charge in [-0.05, 0) is 21.5 Å². The van der Waals surface area contributed by atoms with Crippen LogP contribution < -0.4 is 0 Å². The van der Waals surface area contributed by atoms with Gasteiger partial charge in [0.05, 0.1) is 0 Å². The highest BCUT2D eigenvalue weighted by molar-refractivity contribution is 9.11. The fourth-order valence-corrected chi connectivity index (χ4v) is 4.31. The molecule has 0 fully saturated rings. The molecule has 5 rings (SSSR count). The molecule has 0 amide bonds. The Hall–Kier alpha value is -0.820. The maximum Gasteiger partial charge on any atom is 0.0101 e. The zero-order valence-electron chi connectivity index (χ0n) is 8.23. The van der Waals surface area contributed by atoms with Crippen LogP contribution in [0.1, 0.15) is 23.0 Å². The number of allylic oxidation sites excluding steroid dienone is 4. The molecule has 2 bridgehead atoms. The first-order chi connectivity index (χ1) is 7.36. The van der Waals surface area contributed by atoms with Gasteiger partial charge in [-0.25, -0.2) is 0 Å².